The maximum Gasteiger partial charge on any atom is 0.224 e. The number of carbonyl (C=O) groups is 1. The average molecular weight is 237 g/mol. The zero-order valence-electron chi connectivity index (χ0n) is 9.12. The van der Waals surface area contributed by atoms with Crippen LogP contribution in [0.1, 0.15) is 13.8 Å². The Morgan fingerprint density at radius 3 is 2.53 bits per heavy atom. The normalized spacial score (nSPS) is 13.5. The quantitative estimate of drug-likeness (QED) is 0.509. The Balaban J connectivity index is 3.85. The SMILES string of the molecule is CCNS(=O)(=O)CCNC(=O)C(C)CN. The molecule has 7 heteroatoms. The van der Waals surface area contributed by atoms with Gasteiger partial charge in [-0.05, 0) is 0 Å². The summed E-state index contributed by atoms with van der Waals surface area (Å²) in [5.41, 5.74) is 5.29. The second kappa shape index (κ2) is 6.76. The molecule has 0 aromatic rings. The second-order valence-corrected chi connectivity index (χ2v) is 5.17. The average Bonchev–Trinajstić information content (AvgIpc) is 2.15. The van der Waals surface area contributed by atoms with Gasteiger partial charge in [0, 0.05) is 25.6 Å². The molecule has 1 atom stereocenters. The van der Waals surface area contributed by atoms with Gasteiger partial charge in [0.25, 0.3) is 0 Å². The largest absolute Gasteiger partial charge is 0.355 e. The molecule has 0 bridgehead atoms. The number of hydrogen-bond acceptors (Lipinski definition) is 4. The lowest BCUT2D eigenvalue weighted by Crippen LogP contribution is -2.38. The first-order valence-corrected chi connectivity index (χ1v) is 6.53. The van der Waals surface area contributed by atoms with E-state index in [1.807, 2.05) is 0 Å². The Kier molecular flexibility index (Phi) is 6.46. The molecule has 0 radical (unpaired) electrons. The van der Waals surface area contributed by atoms with Crippen molar-refractivity contribution in [2.45, 2.75) is 13.8 Å². The van der Waals surface area contributed by atoms with Crippen LogP contribution in [0.3, 0.4) is 0 Å². The minimum atomic E-state index is -3.26. The Morgan fingerprint density at radius 1 is 1.47 bits per heavy atom. The van der Waals surface area contributed by atoms with Gasteiger partial charge in [-0.2, -0.15) is 0 Å². The lowest BCUT2D eigenvalue weighted by molar-refractivity contribution is -0.124. The van der Waals surface area contributed by atoms with Gasteiger partial charge in [-0.3, -0.25) is 4.79 Å². The molecule has 6 nitrogen and oxygen atoms in total. The number of nitrogens with one attached hydrogen (secondary N) is 2. The standard InChI is InChI=1S/C8H19N3O3S/c1-3-11-15(13,14)5-4-10-8(12)7(2)6-9/h7,11H,3-6,9H2,1-2H3,(H,10,12). The first-order chi connectivity index (χ1) is 6.93. The summed E-state index contributed by atoms with van der Waals surface area (Å²) < 4.78 is 24.7. The fraction of sp³-hybridized carbons (Fsp3) is 0.875. The molecule has 0 saturated carbocycles. The summed E-state index contributed by atoms with van der Waals surface area (Å²) in [6, 6.07) is 0. The van der Waals surface area contributed by atoms with E-state index >= 15 is 0 Å². The van der Waals surface area contributed by atoms with E-state index in [-0.39, 0.29) is 30.7 Å². The number of nitrogens with two attached hydrogens (primary N) is 1. The highest BCUT2D eigenvalue weighted by atomic mass is 32.2. The lowest BCUT2D eigenvalue weighted by atomic mass is 10.2. The molecule has 0 rings (SSSR count). The van der Waals surface area contributed by atoms with Crippen LogP contribution in [0, 0.1) is 5.92 Å². The molecule has 0 heterocycles. The van der Waals surface area contributed by atoms with Crippen molar-refractivity contribution in [1.29, 1.82) is 0 Å². The van der Waals surface area contributed by atoms with Crippen molar-refractivity contribution in [2.24, 2.45) is 11.7 Å². The minimum absolute atomic E-state index is 0.107. The number of sulfonamides is 1. The summed E-state index contributed by atoms with van der Waals surface area (Å²) in [6.07, 6.45) is 0. The lowest BCUT2D eigenvalue weighted by Gasteiger charge is -2.10. The maximum atomic E-state index is 11.2. The fourth-order valence-corrected chi connectivity index (χ4v) is 1.84. The van der Waals surface area contributed by atoms with Crippen LogP contribution in [0.2, 0.25) is 0 Å². The van der Waals surface area contributed by atoms with Crippen molar-refractivity contribution in [1.82, 2.24) is 10.0 Å². The molecule has 0 aromatic heterocycles. The van der Waals surface area contributed by atoms with Crippen molar-refractivity contribution in [2.75, 3.05) is 25.4 Å². The van der Waals surface area contributed by atoms with Crippen LogP contribution in [0.5, 0.6) is 0 Å². The molecular weight excluding hydrogens is 218 g/mol. The van der Waals surface area contributed by atoms with Crippen LogP contribution in [0.4, 0.5) is 0 Å². The highest BCUT2D eigenvalue weighted by molar-refractivity contribution is 7.89. The molecule has 1 amide bonds. The number of hydrogen-bond donors (Lipinski definition) is 3. The molecule has 1 unspecified atom stereocenters. The zero-order chi connectivity index (χ0) is 11.9. The van der Waals surface area contributed by atoms with Crippen LogP contribution >= 0.6 is 0 Å². The zero-order valence-corrected chi connectivity index (χ0v) is 9.93. The third kappa shape index (κ3) is 6.43. The van der Waals surface area contributed by atoms with Gasteiger partial charge in [-0.15, -0.1) is 0 Å². The smallest absolute Gasteiger partial charge is 0.224 e. The molecule has 0 saturated heterocycles. The summed E-state index contributed by atoms with van der Waals surface area (Å²) in [4.78, 5) is 11.2. The Morgan fingerprint density at radius 2 is 2.07 bits per heavy atom. The van der Waals surface area contributed by atoms with Gasteiger partial charge >= 0.3 is 0 Å². The molecule has 15 heavy (non-hydrogen) atoms. The third-order valence-corrected chi connectivity index (χ3v) is 3.31. The van der Waals surface area contributed by atoms with Crippen molar-refractivity contribution >= 4 is 15.9 Å². The molecule has 0 aromatic carbocycles. The fourth-order valence-electron chi connectivity index (χ4n) is 0.882. The van der Waals surface area contributed by atoms with E-state index in [9.17, 15) is 13.2 Å². The Hall–Kier alpha value is -0.660. The van der Waals surface area contributed by atoms with Gasteiger partial charge in [0.1, 0.15) is 0 Å². The molecular formula is C8H19N3O3S. The summed E-state index contributed by atoms with van der Waals surface area (Å²) in [5.74, 6) is -0.611. The van der Waals surface area contributed by atoms with Crippen LogP contribution in [-0.2, 0) is 14.8 Å². The highest BCUT2D eigenvalue weighted by Crippen LogP contribution is 1.90. The third-order valence-electron chi connectivity index (χ3n) is 1.84. The van der Waals surface area contributed by atoms with Crippen molar-refractivity contribution in [3.8, 4) is 0 Å². The van der Waals surface area contributed by atoms with E-state index in [1.54, 1.807) is 13.8 Å². The second-order valence-electron chi connectivity index (χ2n) is 3.24. The van der Waals surface area contributed by atoms with Crippen molar-refractivity contribution in [3.05, 3.63) is 0 Å². The first kappa shape index (κ1) is 14.3. The van der Waals surface area contributed by atoms with Gasteiger partial charge in [0.15, 0.2) is 0 Å². The topological polar surface area (TPSA) is 101 Å². The monoisotopic (exact) mass is 237 g/mol. The van der Waals surface area contributed by atoms with E-state index < -0.39 is 10.0 Å². The van der Waals surface area contributed by atoms with Crippen molar-refractivity contribution < 1.29 is 13.2 Å². The summed E-state index contributed by atoms with van der Waals surface area (Å²) >= 11 is 0. The molecule has 0 fully saturated rings. The number of carbonyl (C=O) groups excluding carboxylic acids is 1. The summed E-state index contributed by atoms with van der Waals surface area (Å²) in [6.45, 7) is 4.11. The molecule has 0 spiro atoms. The van der Waals surface area contributed by atoms with Gasteiger partial charge in [0.05, 0.1) is 5.75 Å². The number of rotatable bonds is 7. The van der Waals surface area contributed by atoms with E-state index in [4.69, 9.17) is 5.73 Å². The Bertz CT molecular complexity index is 290. The van der Waals surface area contributed by atoms with Gasteiger partial charge in [0.2, 0.25) is 15.9 Å². The molecule has 90 valence electrons. The molecule has 0 aliphatic heterocycles. The van der Waals surface area contributed by atoms with Crippen LogP contribution in [-0.4, -0.2) is 39.7 Å². The van der Waals surface area contributed by atoms with Gasteiger partial charge < -0.3 is 11.1 Å². The molecule has 0 aliphatic carbocycles. The first-order valence-electron chi connectivity index (χ1n) is 4.88. The van der Waals surface area contributed by atoms with Gasteiger partial charge in [-0.25, -0.2) is 13.1 Å². The predicted molar refractivity (Wildman–Crippen MR) is 58.7 cm³/mol. The summed E-state index contributed by atoms with van der Waals surface area (Å²) in [5, 5.41) is 2.51. The highest BCUT2D eigenvalue weighted by Gasteiger charge is 2.12. The molecule has 4 N–H and O–H groups in total. The summed E-state index contributed by atoms with van der Waals surface area (Å²) in [7, 11) is -3.26. The van der Waals surface area contributed by atoms with E-state index in [0.29, 0.717) is 6.54 Å². The van der Waals surface area contributed by atoms with Crippen LogP contribution in [0.25, 0.3) is 0 Å². The van der Waals surface area contributed by atoms with Crippen LogP contribution < -0.4 is 15.8 Å². The minimum Gasteiger partial charge on any atom is -0.355 e. The van der Waals surface area contributed by atoms with E-state index in [1.165, 1.54) is 0 Å². The van der Waals surface area contributed by atoms with E-state index in [2.05, 4.69) is 10.0 Å². The van der Waals surface area contributed by atoms with Crippen LogP contribution in [0.15, 0.2) is 0 Å². The number of amides is 1. The maximum absolute atomic E-state index is 11.2. The van der Waals surface area contributed by atoms with Gasteiger partial charge in [-0.1, -0.05) is 13.8 Å². The van der Waals surface area contributed by atoms with E-state index in [0.717, 1.165) is 0 Å². The van der Waals surface area contributed by atoms with Crippen molar-refractivity contribution in [3.63, 3.8) is 0 Å². The molecule has 0 aliphatic rings. The Labute approximate surface area is 90.7 Å². The predicted octanol–water partition coefficient (Wildman–Crippen LogP) is -1.36.